The maximum Gasteiger partial charge on any atom is 0.0465 e. The molecule has 0 aliphatic rings. The average molecular weight is 319 g/mol. The summed E-state index contributed by atoms with van der Waals surface area (Å²) >= 11 is 0. The van der Waals surface area contributed by atoms with Crippen LogP contribution in [0.3, 0.4) is 0 Å². The summed E-state index contributed by atoms with van der Waals surface area (Å²) in [6.07, 6.45) is 4.79. The second kappa shape index (κ2) is 6.69. The smallest absolute Gasteiger partial charge is 0.0465 e. The molecule has 0 atom stereocenters. The molecule has 0 amide bonds. The molecule has 0 saturated carbocycles. The Labute approximate surface area is 137 Å². The van der Waals surface area contributed by atoms with Gasteiger partial charge in [0.2, 0.25) is 0 Å². The second-order valence-corrected chi connectivity index (χ2v) is 3.85. The summed E-state index contributed by atoms with van der Waals surface area (Å²) in [7, 11) is 0. The normalized spacial score (nSPS) is 9.68. The Morgan fingerprint density at radius 2 is 1.68 bits per heavy atom. The number of rotatable bonds is 2. The molecule has 3 rings (SSSR count). The van der Waals surface area contributed by atoms with Crippen LogP contribution in [0.5, 0.6) is 0 Å². The third-order valence-electron chi connectivity index (χ3n) is 2.63. The first-order valence-corrected chi connectivity index (χ1v) is 5.71. The van der Waals surface area contributed by atoms with Gasteiger partial charge in [-0.1, -0.05) is 12.3 Å². The summed E-state index contributed by atoms with van der Waals surface area (Å²) in [4.78, 5) is 8.58. The number of benzene rings is 1. The Morgan fingerprint density at radius 3 is 2.32 bits per heavy atom. The number of nitrogens with zero attached hydrogens (tertiary/aromatic N) is 2. The van der Waals surface area contributed by atoms with Gasteiger partial charge in [-0.15, -0.1) is 12.1 Å². The van der Waals surface area contributed by atoms with E-state index in [0.717, 1.165) is 22.5 Å². The van der Waals surface area contributed by atoms with Crippen LogP contribution in [-0.2, 0) is 32.7 Å². The van der Waals surface area contributed by atoms with Crippen LogP contribution in [0, 0.1) is 12.3 Å². The van der Waals surface area contributed by atoms with Gasteiger partial charge >= 0.3 is 0 Å². The Balaban J connectivity index is 0.00000133. The maximum atomic E-state index is 4.32. The van der Waals surface area contributed by atoms with E-state index in [2.05, 4.69) is 22.2 Å². The van der Waals surface area contributed by atoms with Gasteiger partial charge in [0.15, 0.2) is 0 Å². The summed E-state index contributed by atoms with van der Waals surface area (Å²) in [6, 6.07) is 20.7. The molecule has 89 valence electrons. The Hall–Kier alpha value is -1.38. The molecule has 0 N–H and O–H groups in total. The van der Waals surface area contributed by atoms with Gasteiger partial charge in [-0.3, -0.25) is 4.98 Å². The number of pyridine rings is 2. The fraction of sp³-hybridized carbons (Fsp3) is 0. The topological polar surface area (TPSA) is 25.8 Å². The average Bonchev–Trinajstić information content (AvgIpc) is 2.49. The molecule has 19 heavy (non-hydrogen) atoms. The van der Waals surface area contributed by atoms with Gasteiger partial charge in [-0.25, -0.2) is 11.1 Å². The predicted molar refractivity (Wildman–Crippen MR) is 70.6 cm³/mol. The SMILES string of the molecule is [Y].[c-]1ccccc1-c1[c-]nc(-c2ccccn2)cc1. The molecule has 0 saturated heterocycles. The van der Waals surface area contributed by atoms with Gasteiger partial charge in [-0.05, 0) is 12.1 Å². The fourth-order valence-corrected chi connectivity index (χ4v) is 1.73. The summed E-state index contributed by atoms with van der Waals surface area (Å²) in [5, 5.41) is 0. The molecule has 1 radical (unpaired) electrons. The Kier molecular flexibility index (Phi) is 4.95. The van der Waals surface area contributed by atoms with Crippen molar-refractivity contribution < 1.29 is 32.7 Å². The van der Waals surface area contributed by atoms with Crippen molar-refractivity contribution in [2.24, 2.45) is 0 Å². The molecule has 2 heterocycles. The maximum absolute atomic E-state index is 4.32. The zero-order valence-corrected chi connectivity index (χ0v) is 13.1. The van der Waals surface area contributed by atoms with E-state index in [1.54, 1.807) is 6.20 Å². The van der Waals surface area contributed by atoms with Gasteiger partial charge < -0.3 is 4.98 Å². The van der Waals surface area contributed by atoms with Crippen LogP contribution in [0.25, 0.3) is 22.5 Å². The minimum Gasteiger partial charge on any atom is -0.361 e. The van der Waals surface area contributed by atoms with Crippen molar-refractivity contribution in [3.63, 3.8) is 0 Å². The van der Waals surface area contributed by atoms with Crippen molar-refractivity contribution in [1.29, 1.82) is 0 Å². The van der Waals surface area contributed by atoms with Gasteiger partial charge in [0.05, 0.1) is 0 Å². The van der Waals surface area contributed by atoms with E-state index in [4.69, 9.17) is 0 Å². The van der Waals surface area contributed by atoms with Crippen LogP contribution in [0.2, 0.25) is 0 Å². The quantitative estimate of drug-likeness (QED) is 0.677. The monoisotopic (exact) mass is 319 g/mol. The molecule has 2 nitrogen and oxygen atoms in total. The predicted octanol–water partition coefficient (Wildman–Crippen LogP) is 3.41. The van der Waals surface area contributed by atoms with Gasteiger partial charge in [0.1, 0.15) is 0 Å². The van der Waals surface area contributed by atoms with E-state index in [0.29, 0.717) is 0 Å². The standard InChI is InChI=1S/C16H10N2.Y/c1-2-6-13(7-3-1)14-9-10-16(18-12-14)15-8-4-5-11-17-15;/h1-6,8-11H;/q-2;. The van der Waals surface area contributed by atoms with E-state index in [-0.39, 0.29) is 32.7 Å². The Bertz CT molecular complexity index is 563. The first-order valence-electron chi connectivity index (χ1n) is 5.71. The van der Waals surface area contributed by atoms with E-state index in [9.17, 15) is 0 Å². The minimum atomic E-state index is 0. The fourth-order valence-electron chi connectivity index (χ4n) is 1.73. The zero-order valence-electron chi connectivity index (χ0n) is 10.2. The van der Waals surface area contributed by atoms with E-state index >= 15 is 0 Å². The molecule has 0 aliphatic carbocycles. The number of hydrogen-bond acceptors (Lipinski definition) is 2. The summed E-state index contributed by atoms with van der Waals surface area (Å²) in [5.74, 6) is 0. The third-order valence-corrected chi connectivity index (χ3v) is 2.63. The zero-order chi connectivity index (χ0) is 12.2. The van der Waals surface area contributed by atoms with Crippen LogP contribution >= 0.6 is 0 Å². The molecular weight excluding hydrogens is 309 g/mol. The minimum absolute atomic E-state index is 0. The first-order chi connectivity index (χ1) is 8.93. The van der Waals surface area contributed by atoms with Crippen molar-refractivity contribution in [2.45, 2.75) is 0 Å². The van der Waals surface area contributed by atoms with Crippen LogP contribution in [0.15, 0.2) is 60.8 Å². The molecule has 0 unspecified atom stereocenters. The Morgan fingerprint density at radius 1 is 0.789 bits per heavy atom. The van der Waals surface area contributed by atoms with E-state index < -0.39 is 0 Å². The van der Waals surface area contributed by atoms with Crippen molar-refractivity contribution in [3.8, 4) is 22.5 Å². The third kappa shape index (κ3) is 3.34. The van der Waals surface area contributed by atoms with Crippen molar-refractivity contribution >= 4 is 0 Å². The molecule has 3 aromatic rings. The molecule has 0 fully saturated rings. The van der Waals surface area contributed by atoms with Gasteiger partial charge in [0, 0.05) is 50.3 Å². The van der Waals surface area contributed by atoms with Gasteiger partial charge in [-0.2, -0.15) is 30.3 Å². The number of hydrogen-bond donors (Lipinski definition) is 0. The van der Waals surface area contributed by atoms with E-state index in [1.165, 1.54) is 0 Å². The molecule has 2 aromatic heterocycles. The second-order valence-electron chi connectivity index (χ2n) is 3.85. The molecular formula is C16H10N2Y-2. The molecule has 1 aromatic carbocycles. The summed E-state index contributed by atoms with van der Waals surface area (Å²) < 4.78 is 0. The van der Waals surface area contributed by atoms with Crippen molar-refractivity contribution in [3.05, 3.63) is 73.1 Å². The van der Waals surface area contributed by atoms with Crippen LogP contribution in [0.4, 0.5) is 0 Å². The van der Waals surface area contributed by atoms with Crippen molar-refractivity contribution in [2.75, 3.05) is 0 Å². The van der Waals surface area contributed by atoms with Crippen LogP contribution in [-0.4, -0.2) is 9.97 Å². The van der Waals surface area contributed by atoms with E-state index in [1.807, 2.05) is 54.6 Å². The summed E-state index contributed by atoms with van der Waals surface area (Å²) in [6.45, 7) is 0. The first kappa shape index (κ1) is 14.0. The number of aromatic nitrogens is 2. The summed E-state index contributed by atoms with van der Waals surface area (Å²) in [5.41, 5.74) is 3.63. The molecule has 3 heteroatoms. The van der Waals surface area contributed by atoms with Crippen molar-refractivity contribution in [1.82, 2.24) is 9.97 Å². The van der Waals surface area contributed by atoms with Crippen LogP contribution in [0.1, 0.15) is 0 Å². The van der Waals surface area contributed by atoms with Gasteiger partial charge in [0.25, 0.3) is 0 Å². The molecule has 0 aliphatic heterocycles. The van der Waals surface area contributed by atoms with Crippen LogP contribution < -0.4 is 0 Å². The largest absolute Gasteiger partial charge is 0.361 e. The molecule has 0 spiro atoms. The molecule has 0 bridgehead atoms.